The van der Waals surface area contributed by atoms with Crippen LogP contribution in [0, 0.1) is 5.92 Å². The number of anilines is 1. The minimum Gasteiger partial charge on any atom is -0.371 e. The van der Waals surface area contributed by atoms with Gasteiger partial charge in [-0.05, 0) is 51.7 Å². The number of nitrogens with zero attached hydrogens (tertiary/aromatic N) is 1. The molecule has 0 aromatic heterocycles. The van der Waals surface area contributed by atoms with Gasteiger partial charge in [0.1, 0.15) is 0 Å². The van der Waals surface area contributed by atoms with E-state index in [-0.39, 0.29) is 29.8 Å². The van der Waals surface area contributed by atoms with Crippen LogP contribution in [0.4, 0.5) is 5.69 Å². The third-order valence-corrected chi connectivity index (χ3v) is 4.70. The van der Waals surface area contributed by atoms with Gasteiger partial charge >= 0.3 is 0 Å². The summed E-state index contributed by atoms with van der Waals surface area (Å²) in [5.74, 6) is 0.471. The van der Waals surface area contributed by atoms with Crippen LogP contribution in [0.3, 0.4) is 0 Å². The van der Waals surface area contributed by atoms with Crippen molar-refractivity contribution in [1.82, 2.24) is 10.6 Å². The second-order valence-corrected chi connectivity index (χ2v) is 7.19. The highest BCUT2D eigenvalue weighted by Gasteiger charge is 2.32. The van der Waals surface area contributed by atoms with Crippen molar-refractivity contribution in [1.29, 1.82) is 0 Å². The molecule has 2 amide bonds. The van der Waals surface area contributed by atoms with Gasteiger partial charge in [0, 0.05) is 36.8 Å². The number of carbonyl (C=O) groups is 2. The Kier molecular flexibility index (Phi) is 5.07. The van der Waals surface area contributed by atoms with Gasteiger partial charge in [0.25, 0.3) is 5.91 Å². The van der Waals surface area contributed by atoms with Gasteiger partial charge in [-0.15, -0.1) is 0 Å². The number of benzene rings is 1. The van der Waals surface area contributed by atoms with Crippen molar-refractivity contribution in [3.8, 4) is 0 Å². The maximum atomic E-state index is 12.4. The number of nitrogens with one attached hydrogen (secondary N) is 2. The summed E-state index contributed by atoms with van der Waals surface area (Å²) < 4.78 is 0. The van der Waals surface area contributed by atoms with E-state index in [1.54, 1.807) is 0 Å². The molecule has 0 spiro atoms. The van der Waals surface area contributed by atoms with Gasteiger partial charge in [-0.3, -0.25) is 9.59 Å². The first-order valence-corrected chi connectivity index (χ1v) is 9.00. The molecule has 1 saturated carbocycles. The van der Waals surface area contributed by atoms with E-state index in [1.807, 2.05) is 38.1 Å². The number of carbonyl (C=O) groups excluding carboxylic acids is 2. The first-order valence-electron chi connectivity index (χ1n) is 9.00. The molecular weight excluding hydrogens is 302 g/mol. The second kappa shape index (κ2) is 7.24. The van der Waals surface area contributed by atoms with E-state index in [0.717, 1.165) is 50.0 Å². The number of hydrogen-bond acceptors (Lipinski definition) is 3. The van der Waals surface area contributed by atoms with E-state index in [2.05, 4.69) is 15.5 Å². The molecule has 1 aliphatic carbocycles. The van der Waals surface area contributed by atoms with Gasteiger partial charge < -0.3 is 15.5 Å². The Morgan fingerprint density at radius 3 is 2.38 bits per heavy atom. The molecule has 5 nitrogen and oxygen atoms in total. The third kappa shape index (κ3) is 4.08. The van der Waals surface area contributed by atoms with Gasteiger partial charge in [0.15, 0.2) is 0 Å². The third-order valence-electron chi connectivity index (χ3n) is 4.70. The lowest BCUT2D eigenvalue weighted by Gasteiger charge is -2.35. The Morgan fingerprint density at radius 1 is 1.08 bits per heavy atom. The molecule has 0 atom stereocenters. The van der Waals surface area contributed by atoms with Crippen LogP contribution in [-0.2, 0) is 4.79 Å². The molecule has 1 heterocycles. The first kappa shape index (κ1) is 16.8. The summed E-state index contributed by atoms with van der Waals surface area (Å²) in [4.78, 5) is 26.6. The number of hydrogen-bond donors (Lipinski definition) is 2. The highest BCUT2D eigenvalue weighted by molar-refractivity contribution is 6.00. The Bertz CT molecular complexity index is 602. The van der Waals surface area contributed by atoms with Crippen LogP contribution < -0.4 is 15.5 Å². The van der Waals surface area contributed by atoms with E-state index in [0.29, 0.717) is 0 Å². The zero-order valence-electron chi connectivity index (χ0n) is 14.5. The number of para-hydroxylation sites is 1. The summed E-state index contributed by atoms with van der Waals surface area (Å²) in [7, 11) is 0. The van der Waals surface area contributed by atoms with E-state index in [9.17, 15) is 9.59 Å². The Balaban J connectivity index is 1.61. The topological polar surface area (TPSA) is 61.4 Å². The Hall–Kier alpha value is -2.04. The zero-order chi connectivity index (χ0) is 17.1. The quantitative estimate of drug-likeness (QED) is 0.871. The van der Waals surface area contributed by atoms with Crippen molar-refractivity contribution in [2.75, 3.05) is 18.0 Å². The van der Waals surface area contributed by atoms with Gasteiger partial charge in [0.05, 0.1) is 5.56 Å². The SMILES string of the molecule is CC(C)NC(=O)c1ccccc1N1CCC(NC(=O)C2CC2)CC1. The van der Waals surface area contributed by atoms with Crippen LogP contribution in [0.5, 0.6) is 0 Å². The van der Waals surface area contributed by atoms with Gasteiger partial charge in [-0.25, -0.2) is 0 Å². The number of rotatable bonds is 5. The second-order valence-electron chi connectivity index (χ2n) is 7.19. The molecule has 0 radical (unpaired) electrons. The smallest absolute Gasteiger partial charge is 0.253 e. The van der Waals surface area contributed by atoms with Crippen LogP contribution in [0.2, 0.25) is 0 Å². The predicted octanol–water partition coefficient (Wildman–Crippen LogP) is 2.32. The molecular formula is C19H27N3O2. The van der Waals surface area contributed by atoms with E-state index < -0.39 is 0 Å². The van der Waals surface area contributed by atoms with Crippen molar-refractivity contribution in [3.63, 3.8) is 0 Å². The maximum Gasteiger partial charge on any atom is 0.253 e. The molecule has 2 N–H and O–H groups in total. The fraction of sp³-hybridized carbons (Fsp3) is 0.579. The van der Waals surface area contributed by atoms with Gasteiger partial charge in [-0.2, -0.15) is 0 Å². The lowest BCUT2D eigenvalue weighted by atomic mass is 10.0. The van der Waals surface area contributed by atoms with Crippen molar-refractivity contribution in [3.05, 3.63) is 29.8 Å². The zero-order valence-corrected chi connectivity index (χ0v) is 14.5. The Morgan fingerprint density at radius 2 is 1.75 bits per heavy atom. The lowest BCUT2D eigenvalue weighted by Crippen LogP contribution is -2.45. The maximum absolute atomic E-state index is 12.4. The fourth-order valence-electron chi connectivity index (χ4n) is 3.21. The summed E-state index contributed by atoms with van der Waals surface area (Å²) in [5.41, 5.74) is 1.72. The van der Waals surface area contributed by atoms with E-state index >= 15 is 0 Å². The first-order chi connectivity index (χ1) is 11.5. The summed E-state index contributed by atoms with van der Waals surface area (Å²) >= 11 is 0. The highest BCUT2D eigenvalue weighted by atomic mass is 16.2. The van der Waals surface area contributed by atoms with Gasteiger partial charge in [0.2, 0.25) is 5.91 Å². The summed E-state index contributed by atoms with van der Waals surface area (Å²) in [6.45, 7) is 5.66. The van der Waals surface area contributed by atoms with Crippen LogP contribution >= 0.6 is 0 Å². The van der Waals surface area contributed by atoms with Crippen LogP contribution in [0.25, 0.3) is 0 Å². The Labute approximate surface area is 143 Å². The average molecular weight is 329 g/mol. The minimum atomic E-state index is -0.0234. The molecule has 1 aliphatic heterocycles. The highest BCUT2D eigenvalue weighted by Crippen LogP contribution is 2.30. The molecule has 1 aromatic rings. The number of piperidine rings is 1. The molecule has 1 saturated heterocycles. The summed E-state index contributed by atoms with van der Waals surface area (Å²) in [5, 5.41) is 6.14. The molecule has 3 rings (SSSR count). The van der Waals surface area contributed by atoms with Crippen molar-refractivity contribution < 1.29 is 9.59 Å². The molecule has 0 unspecified atom stereocenters. The molecule has 2 aliphatic rings. The standard InChI is InChI=1S/C19H27N3O2/c1-13(2)20-19(24)16-5-3-4-6-17(16)22-11-9-15(10-12-22)21-18(23)14-7-8-14/h3-6,13-15H,7-12H2,1-2H3,(H,20,24)(H,21,23). The van der Waals surface area contributed by atoms with E-state index in [4.69, 9.17) is 0 Å². The molecule has 0 bridgehead atoms. The fourth-order valence-corrected chi connectivity index (χ4v) is 3.21. The minimum absolute atomic E-state index is 0.0234. The normalized spacial score (nSPS) is 18.5. The van der Waals surface area contributed by atoms with Gasteiger partial charge in [-0.1, -0.05) is 12.1 Å². The average Bonchev–Trinajstić information content (AvgIpc) is 3.40. The van der Waals surface area contributed by atoms with Crippen LogP contribution in [0.1, 0.15) is 49.9 Å². The van der Waals surface area contributed by atoms with E-state index in [1.165, 1.54) is 0 Å². The molecule has 1 aromatic carbocycles. The predicted molar refractivity (Wildman–Crippen MR) is 95.1 cm³/mol. The lowest BCUT2D eigenvalue weighted by molar-refractivity contribution is -0.123. The number of amides is 2. The summed E-state index contributed by atoms with van der Waals surface area (Å²) in [6.07, 6.45) is 3.95. The molecule has 130 valence electrons. The largest absolute Gasteiger partial charge is 0.371 e. The monoisotopic (exact) mass is 329 g/mol. The van der Waals surface area contributed by atoms with Crippen molar-refractivity contribution in [2.24, 2.45) is 5.92 Å². The molecule has 5 heteroatoms. The van der Waals surface area contributed by atoms with Crippen LogP contribution in [-0.4, -0.2) is 37.0 Å². The van der Waals surface area contributed by atoms with Crippen molar-refractivity contribution in [2.45, 2.75) is 51.6 Å². The molecule has 24 heavy (non-hydrogen) atoms. The summed E-state index contributed by atoms with van der Waals surface area (Å²) in [6, 6.07) is 8.16. The van der Waals surface area contributed by atoms with Crippen LogP contribution in [0.15, 0.2) is 24.3 Å². The van der Waals surface area contributed by atoms with Crippen molar-refractivity contribution >= 4 is 17.5 Å². The molecule has 2 fully saturated rings.